The van der Waals surface area contributed by atoms with Crippen LogP contribution in [0.4, 0.5) is 5.13 Å². The second-order valence-electron chi connectivity index (χ2n) is 6.42. The molecule has 0 aliphatic rings. The molecule has 0 saturated heterocycles. The monoisotopic (exact) mass is 403 g/mol. The molecule has 0 aromatic carbocycles. The number of amides is 2. The summed E-state index contributed by atoms with van der Waals surface area (Å²) in [5, 5.41) is 13.1. The smallest absolute Gasteiger partial charge is 0.277 e. The Morgan fingerprint density at radius 3 is 2.70 bits per heavy atom. The minimum atomic E-state index is -0.282. The summed E-state index contributed by atoms with van der Waals surface area (Å²) in [5.41, 5.74) is 2.11. The molecular formula is C18H21N5O2S2. The SMILES string of the molecule is CC(=O)NCc1ccc(-c2nc(NC(=O)c3cc(C(C)C)[nH]n3)sc2C)s1. The fourth-order valence-corrected chi connectivity index (χ4v) is 4.28. The van der Waals surface area contributed by atoms with Crippen LogP contribution < -0.4 is 10.6 Å². The van der Waals surface area contributed by atoms with Gasteiger partial charge in [0.25, 0.3) is 5.91 Å². The highest BCUT2D eigenvalue weighted by atomic mass is 32.1. The number of H-pyrrole nitrogens is 1. The Balaban J connectivity index is 1.72. The normalized spacial score (nSPS) is 11.0. The van der Waals surface area contributed by atoms with Crippen LogP contribution in [0.15, 0.2) is 18.2 Å². The van der Waals surface area contributed by atoms with Crippen LogP contribution in [-0.4, -0.2) is 27.0 Å². The lowest BCUT2D eigenvalue weighted by Gasteiger charge is -1.98. The van der Waals surface area contributed by atoms with E-state index in [-0.39, 0.29) is 17.7 Å². The number of aromatic amines is 1. The molecule has 0 fully saturated rings. The highest BCUT2D eigenvalue weighted by Crippen LogP contribution is 2.34. The molecule has 3 aromatic heterocycles. The van der Waals surface area contributed by atoms with Gasteiger partial charge in [0, 0.05) is 22.4 Å². The third kappa shape index (κ3) is 4.61. The maximum atomic E-state index is 12.4. The van der Waals surface area contributed by atoms with Gasteiger partial charge in [-0.2, -0.15) is 5.10 Å². The molecule has 0 radical (unpaired) electrons. The second-order valence-corrected chi connectivity index (χ2v) is 8.79. The summed E-state index contributed by atoms with van der Waals surface area (Å²) in [6.07, 6.45) is 0. The van der Waals surface area contributed by atoms with Crippen molar-refractivity contribution in [3.63, 3.8) is 0 Å². The zero-order valence-corrected chi connectivity index (χ0v) is 17.2. The van der Waals surface area contributed by atoms with Gasteiger partial charge in [-0.05, 0) is 31.0 Å². The molecule has 3 rings (SSSR count). The van der Waals surface area contributed by atoms with Gasteiger partial charge in [0.05, 0.1) is 17.1 Å². The Kier molecular flexibility index (Phi) is 5.71. The van der Waals surface area contributed by atoms with Crippen molar-refractivity contribution in [2.24, 2.45) is 0 Å². The van der Waals surface area contributed by atoms with Gasteiger partial charge in [0.1, 0.15) is 0 Å². The van der Waals surface area contributed by atoms with E-state index in [0.717, 1.165) is 26.0 Å². The minimum absolute atomic E-state index is 0.0567. The average molecular weight is 404 g/mol. The lowest BCUT2D eigenvalue weighted by Crippen LogP contribution is -2.17. The summed E-state index contributed by atoms with van der Waals surface area (Å²) in [4.78, 5) is 31.1. The number of aromatic nitrogens is 3. The summed E-state index contributed by atoms with van der Waals surface area (Å²) in [6.45, 7) is 8.04. The molecular weight excluding hydrogens is 382 g/mol. The molecule has 0 bridgehead atoms. The molecule has 7 nitrogen and oxygen atoms in total. The molecule has 9 heteroatoms. The van der Waals surface area contributed by atoms with Crippen molar-refractivity contribution >= 4 is 39.6 Å². The number of nitrogens with one attached hydrogen (secondary N) is 3. The molecule has 0 atom stereocenters. The molecule has 27 heavy (non-hydrogen) atoms. The van der Waals surface area contributed by atoms with Gasteiger partial charge in [-0.15, -0.1) is 22.7 Å². The highest BCUT2D eigenvalue weighted by molar-refractivity contribution is 7.18. The van der Waals surface area contributed by atoms with E-state index in [1.165, 1.54) is 18.3 Å². The second kappa shape index (κ2) is 8.01. The Hall–Kier alpha value is -2.52. The van der Waals surface area contributed by atoms with Gasteiger partial charge < -0.3 is 5.32 Å². The van der Waals surface area contributed by atoms with E-state index in [4.69, 9.17) is 0 Å². The standard InChI is InChI=1S/C18H21N5O2S2/c1-9(2)13-7-14(23-22-13)17(25)21-18-20-16(10(3)26-18)15-6-5-12(27-15)8-19-11(4)24/h5-7,9H,8H2,1-4H3,(H,19,24)(H,22,23)(H,20,21,25). The number of nitrogens with zero attached hydrogens (tertiary/aromatic N) is 2. The van der Waals surface area contributed by atoms with Crippen molar-refractivity contribution in [2.75, 3.05) is 5.32 Å². The lowest BCUT2D eigenvalue weighted by atomic mass is 10.1. The van der Waals surface area contributed by atoms with E-state index < -0.39 is 0 Å². The molecule has 0 aliphatic heterocycles. The minimum Gasteiger partial charge on any atom is -0.351 e. The number of carbonyl (C=O) groups is 2. The predicted octanol–water partition coefficient (Wildman–Crippen LogP) is 3.91. The van der Waals surface area contributed by atoms with Gasteiger partial charge in [-0.25, -0.2) is 4.98 Å². The van der Waals surface area contributed by atoms with E-state index in [0.29, 0.717) is 17.4 Å². The van der Waals surface area contributed by atoms with Crippen LogP contribution >= 0.6 is 22.7 Å². The topological polar surface area (TPSA) is 99.8 Å². The van der Waals surface area contributed by atoms with Gasteiger partial charge in [0.2, 0.25) is 5.91 Å². The van der Waals surface area contributed by atoms with Crippen LogP contribution in [0.5, 0.6) is 0 Å². The highest BCUT2D eigenvalue weighted by Gasteiger charge is 2.17. The number of thiophene rings is 1. The molecule has 0 spiro atoms. The molecule has 3 aromatic rings. The van der Waals surface area contributed by atoms with Crippen molar-refractivity contribution in [3.05, 3.63) is 39.3 Å². The van der Waals surface area contributed by atoms with E-state index >= 15 is 0 Å². The lowest BCUT2D eigenvalue weighted by molar-refractivity contribution is -0.119. The molecule has 0 aliphatic carbocycles. The van der Waals surface area contributed by atoms with E-state index in [9.17, 15) is 9.59 Å². The number of hydrogen-bond donors (Lipinski definition) is 3. The number of thiazole rings is 1. The fourth-order valence-electron chi connectivity index (χ4n) is 2.40. The Bertz CT molecular complexity index is 970. The Morgan fingerprint density at radius 1 is 1.26 bits per heavy atom. The summed E-state index contributed by atoms with van der Waals surface area (Å²) in [7, 11) is 0. The van der Waals surface area contributed by atoms with Gasteiger partial charge in [-0.3, -0.25) is 20.0 Å². The van der Waals surface area contributed by atoms with Crippen LogP contribution in [0.3, 0.4) is 0 Å². The summed E-state index contributed by atoms with van der Waals surface area (Å²) < 4.78 is 0. The van der Waals surface area contributed by atoms with Crippen LogP contribution in [0.2, 0.25) is 0 Å². The first-order chi connectivity index (χ1) is 12.8. The molecule has 3 heterocycles. The fraction of sp³-hybridized carbons (Fsp3) is 0.333. The molecule has 3 N–H and O–H groups in total. The predicted molar refractivity (Wildman–Crippen MR) is 108 cm³/mol. The Labute approximate surface area is 165 Å². The first-order valence-electron chi connectivity index (χ1n) is 8.51. The van der Waals surface area contributed by atoms with Crippen LogP contribution in [0.25, 0.3) is 10.6 Å². The summed E-state index contributed by atoms with van der Waals surface area (Å²) in [6, 6.07) is 5.72. The van der Waals surface area contributed by atoms with Crippen molar-refractivity contribution in [1.29, 1.82) is 0 Å². The van der Waals surface area contributed by atoms with E-state index in [1.54, 1.807) is 17.4 Å². The Morgan fingerprint density at radius 2 is 2.04 bits per heavy atom. The third-order valence-corrected chi connectivity index (χ3v) is 5.85. The van der Waals surface area contributed by atoms with Gasteiger partial charge >= 0.3 is 0 Å². The van der Waals surface area contributed by atoms with Crippen molar-refractivity contribution in [2.45, 2.75) is 40.2 Å². The van der Waals surface area contributed by atoms with Crippen molar-refractivity contribution < 1.29 is 9.59 Å². The van der Waals surface area contributed by atoms with Crippen molar-refractivity contribution in [1.82, 2.24) is 20.5 Å². The maximum absolute atomic E-state index is 12.4. The molecule has 142 valence electrons. The zero-order chi connectivity index (χ0) is 19.6. The number of carbonyl (C=O) groups excluding carboxylic acids is 2. The quantitative estimate of drug-likeness (QED) is 0.581. The molecule has 2 amide bonds. The number of aryl methyl sites for hydroxylation is 1. The van der Waals surface area contributed by atoms with E-state index in [1.807, 2.05) is 32.9 Å². The van der Waals surface area contributed by atoms with Crippen LogP contribution in [-0.2, 0) is 11.3 Å². The van der Waals surface area contributed by atoms with Gasteiger partial charge in [-0.1, -0.05) is 13.8 Å². The molecule has 0 saturated carbocycles. The maximum Gasteiger partial charge on any atom is 0.277 e. The van der Waals surface area contributed by atoms with Gasteiger partial charge in [0.15, 0.2) is 10.8 Å². The zero-order valence-electron chi connectivity index (χ0n) is 15.5. The summed E-state index contributed by atoms with van der Waals surface area (Å²) in [5.74, 6) is -0.0620. The average Bonchev–Trinajstić information content (AvgIpc) is 3.32. The number of rotatable bonds is 6. The molecule has 0 unspecified atom stereocenters. The first kappa shape index (κ1) is 19.2. The van der Waals surface area contributed by atoms with E-state index in [2.05, 4.69) is 25.8 Å². The third-order valence-electron chi connectivity index (χ3n) is 3.88. The number of hydrogen-bond acceptors (Lipinski definition) is 6. The summed E-state index contributed by atoms with van der Waals surface area (Å²) >= 11 is 3.01. The van der Waals surface area contributed by atoms with Crippen molar-refractivity contribution in [3.8, 4) is 10.6 Å². The number of anilines is 1. The van der Waals surface area contributed by atoms with Crippen LogP contribution in [0.1, 0.15) is 52.6 Å². The largest absolute Gasteiger partial charge is 0.351 e. The van der Waals surface area contributed by atoms with Crippen LogP contribution in [0, 0.1) is 6.92 Å². The first-order valence-corrected chi connectivity index (χ1v) is 10.1.